The van der Waals surface area contributed by atoms with E-state index in [1.54, 1.807) is 30.3 Å². The fourth-order valence-electron chi connectivity index (χ4n) is 2.76. The predicted molar refractivity (Wildman–Crippen MR) is 103 cm³/mol. The molecule has 28 heavy (non-hydrogen) atoms. The fraction of sp³-hybridized carbons (Fsp3) is 0.143. The van der Waals surface area contributed by atoms with Crippen molar-refractivity contribution in [3.05, 3.63) is 70.3 Å². The van der Waals surface area contributed by atoms with Gasteiger partial charge in [-0.15, -0.1) is 0 Å². The van der Waals surface area contributed by atoms with E-state index in [1.807, 2.05) is 13.8 Å². The Morgan fingerprint density at radius 3 is 2.29 bits per heavy atom. The Morgan fingerprint density at radius 1 is 1.00 bits per heavy atom. The second-order valence-corrected chi connectivity index (χ2v) is 6.34. The van der Waals surface area contributed by atoms with Gasteiger partial charge in [-0.2, -0.15) is 0 Å². The van der Waals surface area contributed by atoms with Crippen molar-refractivity contribution in [2.24, 2.45) is 0 Å². The molecule has 3 rings (SSSR count). The number of anilines is 1. The van der Waals surface area contributed by atoms with E-state index in [4.69, 9.17) is 0 Å². The number of rotatable bonds is 3. The first-order valence-electron chi connectivity index (χ1n) is 8.49. The lowest BCUT2D eigenvalue weighted by atomic mass is 10.0. The lowest BCUT2D eigenvalue weighted by Crippen LogP contribution is -2.54. The SMILES string of the molecule is COC(=O)c1ccc(C=C2C(=O)NC(=O)N(c3ccc(C)c(C)c3)C2=O)cc1. The molecule has 2 aromatic rings. The first-order chi connectivity index (χ1) is 13.3. The minimum absolute atomic E-state index is 0.177. The molecule has 0 atom stereocenters. The van der Waals surface area contributed by atoms with E-state index in [-0.39, 0.29) is 5.57 Å². The molecule has 0 radical (unpaired) electrons. The maximum absolute atomic E-state index is 12.9. The summed E-state index contributed by atoms with van der Waals surface area (Å²) in [6.07, 6.45) is 1.37. The van der Waals surface area contributed by atoms with Crippen LogP contribution in [0.1, 0.15) is 27.0 Å². The number of esters is 1. The van der Waals surface area contributed by atoms with Crippen LogP contribution in [0.25, 0.3) is 6.08 Å². The van der Waals surface area contributed by atoms with Crippen LogP contribution in [0.5, 0.6) is 0 Å². The van der Waals surface area contributed by atoms with E-state index in [2.05, 4.69) is 10.1 Å². The Hall–Kier alpha value is -3.74. The normalized spacial score (nSPS) is 15.6. The fourth-order valence-corrected chi connectivity index (χ4v) is 2.76. The van der Waals surface area contributed by atoms with Crippen LogP contribution in [0.15, 0.2) is 48.0 Å². The standard InChI is InChI=1S/C21H18N2O5/c1-12-4-9-16(10-13(12)2)23-19(25)17(18(24)22-21(23)27)11-14-5-7-15(8-6-14)20(26)28-3/h4-11H,1-3H3,(H,22,24,27). The highest BCUT2D eigenvalue weighted by atomic mass is 16.5. The molecule has 1 fully saturated rings. The third kappa shape index (κ3) is 3.55. The van der Waals surface area contributed by atoms with Crippen LogP contribution in [0.3, 0.4) is 0 Å². The van der Waals surface area contributed by atoms with Crippen molar-refractivity contribution < 1.29 is 23.9 Å². The zero-order valence-corrected chi connectivity index (χ0v) is 15.6. The summed E-state index contributed by atoms with van der Waals surface area (Å²) < 4.78 is 4.64. The van der Waals surface area contributed by atoms with Crippen molar-refractivity contribution in [3.63, 3.8) is 0 Å². The van der Waals surface area contributed by atoms with E-state index < -0.39 is 23.8 Å². The molecule has 2 aromatic carbocycles. The number of urea groups is 1. The van der Waals surface area contributed by atoms with Crippen LogP contribution in [0.4, 0.5) is 10.5 Å². The summed E-state index contributed by atoms with van der Waals surface area (Å²) in [5.41, 5.74) is 3.01. The van der Waals surface area contributed by atoms with Crippen LogP contribution in [0, 0.1) is 13.8 Å². The van der Waals surface area contributed by atoms with Crippen molar-refractivity contribution in [3.8, 4) is 0 Å². The summed E-state index contributed by atoms with van der Waals surface area (Å²) in [4.78, 5) is 49.8. The molecule has 0 aromatic heterocycles. The molecule has 142 valence electrons. The molecule has 1 N–H and O–H groups in total. The predicted octanol–water partition coefficient (Wildman–Crippen LogP) is 2.76. The minimum atomic E-state index is -0.795. The number of amides is 4. The van der Waals surface area contributed by atoms with Gasteiger partial charge >= 0.3 is 12.0 Å². The van der Waals surface area contributed by atoms with Gasteiger partial charge in [0.15, 0.2) is 0 Å². The van der Waals surface area contributed by atoms with Crippen LogP contribution < -0.4 is 10.2 Å². The minimum Gasteiger partial charge on any atom is -0.465 e. The monoisotopic (exact) mass is 378 g/mol. The molecule has 1 aliphatic heterocycles. The van der Waals surface area contributed by atoms with E-state index in [0.717, 1.165) is 16.0 Å². The van der Waals surface area contributed by atoms with Crippen LogP contribution >= 0.6 is 0 Å². The number of nitrogens with zero attached hydrogens (tertiary/aromatic N) is 1. The number of imide groups is 2. The Bertz CT molecular complexity index is 1020. The first-order valence-corrected chi connectivity index (χ1v) is 8.49. The summed E-state index contributed by atoms with van der Waals surface area (Å²) in [7, 11) is 1.28. The van der Waals surface area contributed by atoms with Gasteiger partial charge in [-0.3, -0.25) is 14.9 Å². The molecule has 4 amide bonds. The highest BCUT2D eigenvalue weighted by Crippen LogP contribution is 2.24. The second kappa shape index (κ2) is 7.48. The quantitative estimate of drug-likeness (QED) is 0.504. The maximum atomic E-state index is 12.9. The Labute approximate surface area is 161 Å². The molecule has 7 nitrogen and oxygen atoms in total. The highest BCUT2D eigenvalue weighted by Gasteiger charge is 2.36. The molecule has 0 spiro atoms. The number of aryl methyl sites for hydroxylation is 2. The van der Waals surface area contributed by atoms with Crippen LogP contribution in [-0.2, 0) is 14.3 Å². The van der Waals surface area contributed by atoms with Crippen molar-refractivity contribution in [2.75, 3.05) is 12.0 Å². The molecule has 0 unspecified atom stereocenters. The molecule has 7 heteroatoms. The molecule has 0 aliphatic carbocycles. The maximum Gasteiger partial charge on any atom is 0.337 e. The Morgan fingerprint density at radius 2 is 1.68 bits per heavy atom. The summed E-state index contributed by atoms with van der Waals surface area (Å²) >= 11 is 0. The number of hydrogen-bond acceptors (Lipinski definition) is 5. The largest absolute Gasteiger partial charge is 0.465 e. The Kier molecular flexibility index (Phi) is 5.08. The van der Waals surface area contributed by atoms with Crippen molar-refractivity contribution in [1.82, 2.24) is 5.32 Å². The van der Waals surface area contributed by atoms with Gasteiger partial charge in [0.2, 0.25) is 0 Å². The molecule has 0 saturated carbocycles. The topological polar surface area (TPSA) is 92.8 Å². The van der Waals surface area contributed by atoms with Gasteiger partial charge in [-0.1, -0.05) is 18.2 Å². The summed E-state index contributed by atoms with van der Waals surface area (Å²) in [6.45, 7) is 3.79. The average Bonchev–Trinajstić information content (AvgIpc) is 2.67. The summed E-state index contributed by atoms with van der Waals surface area (Å²) in [5.74, 6) is -1.97. The zero-order chi connectivity index (χ0) is 20.4. The van der Waals surface area contributed by atoms with Crippen LogP contribution in [-0.4, -0.2) is 30.9 Å². The van der Waals surface area contributed by atoms with Crippen LogP contribution in [0.2, 0.25) is 0 Å². The van der Waals surface area contributed by atoms with E-state index >= 15 is 0 Å². The smallest absolute Gasteiger partial charge is 0.337 e. The molecule has 1 saturated heterocycles. The third-order valence-electron chi connectivity index (χ3n) is 4.49. The summed E-state index contributed by atoms with van der Waals surface area (Å²) in [6, 6.07) is 10.6. The lowest BCUT2D eigenvalue weighted by molar-refractivity contribution is -0.122. The van der Waals surface area contributed by atoms with E-state index in [1.165, 1.54) is 25.3 Å². The van der Waals surface area contributed by atoms with Gasteiger partial charge in [0.25, 0.3) is 11.8 Å². The summed E-state index contributed by atoms with van der Waals surface area (Å²) in [5, 5.41) is 2.19. The van der Waals surface area contributed by atoms with Crippen molar-refractivity contribution in [1.29, 1.82) is 0 Å². The number of benzene rings is 2. The van der Waals surface area contributed by atoms with Gasteiger partial charge in [0, 0.05) is 0 Å². The van der Waals surface area contributed by atoms with E-state index in [0.29, 0.717) is 16.8 Å². The number of nitrogens with one attached hydrogen (secondary N) is 1. The highest BCUT2D eigenvalue weighted by molar-refractivity contribution is 6.39. The van der Waals surface area contributed by atoms with Gasteiger partial charge in [-0.05, 0) is 60.9 Å². The number of barbiturate groups is 1. The number of hydrogen-bond donors (Lipinski definition) is 1. The van der Waals surface area contributed by atoms with E-state index in [9.17, 15) is 19.2 Å². The van der Waals surface area contributed by atoms with Crippen molar-refractivity contribution >= 4 is 35.6 Å². The number of ether oxygens (including phenoxy) is 1. The third-order valence-corrected chi connectivity index (χ3v) is 4.49. The molecule has 1 heterocycles. The molecular weight excluding hydrogens is 360 g/mol. The van der Waals surface area contributed by atoms with Gasteiger partial charge in [0.1, 0.15) is 5.57 Å². The molecular formula is C21H18N2O5. The zero-order valence-electron chi connectivity index (χ0n) is 15.6. The molecule has 0 bridgehead atoms. The van der Waals surface area contributed by atoms with Gasteiger partial charge in [0.05, 0.1) is 18.4 Å². The number of carbonyl (C=O) groups is 4. The second-order valence-electron chi connectivity index (χ2n) is 6.34. The first kappa shape index (κ1) is 19.0. The molecule has 1 aliphatic rings. The lowest BCUT2D eigenvalue weighted by Gasteiger charge is -2.26. The number of carbonyl (C=O) groups excluding carboxylic acids is 4. The number of methoxy groups -OCH3 is 1. The van der Waals surface area contributed by atoms with Crippen molar-refractivity contribution in [2.45, 2.75) is 13.8 Å². The average molecular weight is 378 g/mol. The Balaban J connectivity index is 1.96. The van der Waals surface area contributed by atoms with Gasteiger partial charge < -0.3 is 4.74 Å². The van der Waals surface area contributed by atoms with Gasteiger partial charge in [-0.25, -0.2) is 14.5 Å².